The lowest BCUT2D eigenvalue weighted by molar-refractivity contribution is -0.387. The lowest BCUT2D eigenvalue weighted by Crippen LogP contribution is -2.24. The molecule has 16 heavy (non-hydrogen) atoms. The normalized spacial score (nSPS) is 11.9. The Morgan fingerprint density at radius 1 is 1.62 bits per heavy atom. The summed E-state index contributed by atoms with van der Waals surface area (Å²) in [4.78, 5) is 19.9. The zero-order valence-electron chi connectivity index (χ0n) is 8.31. The third-order valence-corrected chi connectivity index (χ3v) is 2.01. The summed E-state index contributed by atoms with van der Waals surface area (Å²) < 4.78 is 13.0. The highest BCUT2D eigenvalue weighted by Gasteiger charge is 2.17. The number of halogens is 1. The van der Waals surface area contributed by atoms with Crippen LogP contribution in [0.25, 0.3) is 0 Å². The predicted molar refractivity (Wildman–Crippen MR) is 52.6 cm³/mol. The average molecular weight is 228 g/mol. The monoisotopic (exact) mass is 228 g/mol. The second-order valence-electron chi connectivity index (χ2n) is 3.14. The van der Waals surface area contributed by atoms with Crippen molar-refractivity contribution in [1.29, 1.82) is 0 Å². The summed E-state index contributed by atoms with van der Waals surface area (Å²) in [5.74, 6) is -0.948. The molecule has 0 radical (unpaired) electrons. The van der Waals surface area contributed by atoms with Crippen LogP contribution in [0, 0.1) is 15.9 Å². The largest absolute Gasteiger partial charge is 0.465 e. The molecular formula is C9H9FN2O4. The van der Waals surface area contributed by atoms with Crippen LogP contribution in [0.2, 0.25) is 0 Å². The number of hydrogen-bond acceptors (Lipinski definition) is 3. The number of carbonyl (C=O) groups is 1. The molecule has 86 valence electrons. The number of nitro benzene ring substituents is 1. The van der Waals surface area contributed by atoms with Crippen LogP contribution in [0.3, 0.4) is 0 Å². The molecular weight excluding hydrogens is 219 g/mol. The van der Waals surface area contributed by atoms with E-state index in [1.54, 1.807) is 0 Å². The van der Waals surface area contributed by atoms with Gasteiger partial charge in [0.1, 0.15) is 0 Å². The van der Waals surface area contributed by atoms with E-state index >= 15 is 0 Å². The SMILES string of the molecule is CC(NC(=O)O)c1ccc(F)c([N+](=O)[O-])c1. The Labute approximate surface area is 89.9 Å². The van der Waals surface area contributed by atoms with Crippen LogP contribution in [-0.4, -0.2) is 16.1 Å². The van der Waals surface area contributed by atoms with Crippen LogP contribution in [0.15, 0.2) is 18.2 Å². The number of hydrogen-bond donors (Lipinski definition) is 2. The molecule has 2 N–H and O–H groups in total. The van der Waals surface area contributed by atoms with Crippen molar-refractivity contribution in [2.24, 2.45) is 0 Å². The van der Waals surface area contributed by atoms with E-state index in [0.29, 0.717) is 5.56 Å². The summed E-state index contributed by atoms with van der Waals surface area (Å²) in [5.41, 5.74) is -0.341. The highest BCUT2D eigenvalue weighted by atomic mass is 19.1. The highest BCUT2D eigenvalue weighted by molar-refractivity contribution is 5.65. The van der Waals surface area contributed by atoms with Gasteiger partial charge in [0.25, 0.3) is 0 Å². The minimum absolute atomic E-state index is 0.329. The minimum atomic E-state index is -1.25. The van der Waals surface area contributed by atoms with E-state index in [-0.39, 0.29) is 0 Å². The molecule has 1 aromatic carbocycles. The number of carboxylic acid groups (broad SMARTS) is 1. The quantitative estimate of drug-likeness (QED) is 0.611. The topological polar surface area (TPSA) is 92.5 Å². The van der Waals surface area contributed by atoms with E-state index < -0.39 is 28.6 Å². The molecule has 0 saturated carbocycles. The number of nitro groups is 1. The van der Waals surface area contributed by atoms with Crippen molar-refractivity contribution >= 4 is 11.8 Å². The fourth-order valence-corrected chi connectivity index (χ4v) is 1.21. The second-order valence-corrected chi connectivity index (χ2v) is 3.14. The standard InChI is InChI=1S/C9H9FN2O4/c1-5(11-9(13)14)6-2-3-7(10)8(4-6)12(15)16/h2-5,11H,1H3,(H,13,14). The van der Waals surface area contributed by atoms with Gasteiger partial charge in [0, 0.05) is 6.07 Å². The van der Waals surface area contributed by atoms with Gasteiger partial charge in [-0.15, -0.1) is 0 Å². The molecule has 1 unspecified atom stereocenters. The van der Waals surface area contributed by atoms with E-state index in [1.807, 2.05) is 0 Å². The van der Waals surface area contributed by atoms with Gasteiger partial charge in [-0.25, -0.2) is 4.79 Å². The Kier molecular flexibility index (Phi) is 3.39. The number of nitrogens with zero attached hydrogens (tertiary/aromatic N) is 1. The summed E-state index contributed by atoms with van der Waals surface area (Å²) >= 11 is 0. The molecule has 6 nitrogen and oxygen atoms in total. The minimum Gasteiger partial charge on any atom is -0.465 e. The Morgan fingerprint density at radius 2 is 2.25 bits per heavy atom. The predicted octanol–water partition coefficient (Wildman–Crippen LogP) is 2.06. The molecule has 0 aromatic heterocycles. The first-order chi connectivity index (χ1) is 7.41. The molecule has 1 aromatic rings. The first kappa shape index (κ1) is 11.9. The van der Waals surface area contributed by atoms with E-state index in [0.717, 1.165) is 12.1 Å². The Morgan fingerprint density at radius 3 is 2.75 bits per heavy atom. The zero-order valence-corrected chi connectivity index (χ0v) is 8.31. The number of rotatable bonds is 3. The van der Waals surface area contributed by atoms with Gasteiger partial charge in [0.15, 0.2) is 0 Å². The Balaban J connectivity index is 3.02. The first-order valence-electron chi connectivity index (χ1n) is 4.35. The van der Waals surface area contributed by atoms with Gasteiger partial charge < -0.3 is 10.4 Å². The first-order valence-corrected chi connectivity index (χ1v) is 4.35. The van der Waals surface area contributed by atoms with Crippen LogP contribution < -0.4 is 5.32 Å². The van der Waals surface area contributed by atoms with Crippen LogP contribution in [0.5, 0.6) is 0 Å². The maximum absolute atomic E-state index is 13.0. The van der Waals surface area contributed by atoms with Crippen LogP contribution >= 0.6 is 0 Å². The highest BCUT2D eigenvalue weighted by Crippen LogP contribution is 2.22. The molecule has 1 atom stereocenters. The number of amides is 1. The van der Waals surface area contributed by atoms with E-state index in [2.05, 4.69) is 5.32 Å². The van der Waals surface area contributed by atoms with Crippen LogP contribution in [-0.2, 0) is 0 Å². The van der Waals surface area contributed by atoms with Gasteiger partial charge >= 0.3 is 11.8 Å². The fourth-order valence-electron chi connectivity index (χ4n) is 1.21. The second kappa shape index (κ2) is 4.56. The molecule has 0 saturated heterocycles. The maximum atomic E-state index is 13.0. The van der Waals surface area contributed by atoms with Gasteiger partial charge in [-0.3, -0.25) is 10.1 Å². The lowest BCUT2D eigenvalue weighted by Gasteiger charge is -2.11. The van der Waals surface area contributed by atoms with Gasteiger partial charge in [-0.1, -0.05) is 6.07 Å². The Hall–Kier alpha value is -2.18. The van der Waals surface area contributed by atoms with Crippen LogP contribution in [0.4, 0.5) is 14.9 Å². The molecule has 0 aliphatic rings. The smallest absolute Gasteiger partial charge is 0.405 e. The van der Waals surface area contributed by atoms with E-state index in [4.69, 9.17) is 5.11 Å². The van der Waals surface area contributed by atoms with Gasteiger partial charge in [0.05, 0.1) is 11.0 Å². The van der Waals surface area contributed by atoms with Crippen molar-refractivity contribution in [1.82, 2.24) is 5.32 Å². The summed E-state index contributed by atoms with van der Waals surface area (Å²) in [7, 11) is 0. The van der Waals surface area contributed by atoms with Gasteiger partial charge in [-0.2, -0.15) is 4.39 Å². The van der Waals surface area contributed by atoms with E-state index in [9.17, 15) is 19.3 Å². The molecule has 0 aliphatic carbocycles. The summed E-state index contributed by atoms with van der Waals surface area (Å²) in [6.45, 7) is 1.51. The summed E-state index contributed by atoms with van der Waals surface area (Å²) in [6, 6.07) is 2.60. The summed E-state index contributed by atoms with van der Waals surface area (Å²) in [6.07, 6.45) is -1.25. The third-order valence-electron chi connectivity index (χ3n) is 2.01. The fraction of sp³-hybridized carbons (Fsp3) is 0.222. The molecule has 0 spiro atoms. The van der Waals surface area contributed by atoms with Crippen molar-refractivity contribution in [3.8, 4) is 0 Å². The van der Waals surface area contributed by atoms with E-state index in [1.165, 1.54) is 13.0 Å². The molecule has 0 aliphatic heterocycles. The van der Waals surface area contributed by atoms with Crippen molar-refractivity contribution < 1.29 is 19.2 Å². The maximum Gasteiger partial charge on any atom is 0.405 e. The van der Waals surface area contributed by atoms with Crippen molar-refractivity contribution in [2.45, 2.75) is 13.0 Å². The van der Waals surface area contributed by atoms with Crippen molar-refractivity contribution in [3.05, 3.63) is 39.7 Å². The molecule has 7 heteroatoms. The Bertz CT molecular complexity index is 436. The zero-order chi connectivity index (χ0) is 12.3. The third kappa shape index (κ3) is 2.66. The molecule has 1 amide bonds. The van der Waals surface area contributed by atoms with Gasteiger partial charge in [0.2, 0.25) is 5.82 Å². The van der Waals surface area contributed by atoms with Crippen LogP contribution in [0.1, 0.15) is 18.5 Å². The molecule has 0 fully saturated rings. The number of nitrogens with one attached hydrogen (secondary N) is 1. The average Bonchev–Trinajstić information content (AvgIpc) is 2.16. The van der Waals surface area contributed by atoms with Crippen molar-refractivity contribution in [2.75, 3.05) is 0 Å². The molecule has 0 bridgehead atoms. The number of benzene rings is 1. The van der Waals surface area contributed by atoms with Gasteiger partial charge in [-0.05, 0) is 18.6 Å². The molecule has 0 heterocycles. The lowest BCUT2D eigenvalue weighted by atomic mass is 10.1. The van der Waals surface area contributed by atoms with Crippen molar-refractivity contribution in [3.63, 3.8) is 0 Å². The molecule has 1 rings (SSSR count). The summed E-state index contributed by atoms with van der Waals surface area (Å²) in [5, 5.41) is 21.0.